The predicted molar refractivity (Wildman–Crippen MR) is 98.3 cm³/mol. The van der Waals surface area contributed by atoms with Gasteiger partial charge < -0.3 is 10.2 Å². The van der Waals surface area contributed by atoms with Crippen LogP contribution in [-0.2, 0) is 6.42 Å². The van der Waals surface area contributed by atoms with Crippen LogP contribution in [0, 0.1) is 0 Å². The molecule has 0 amide bonds. The molecule has 2 rings (SSSR count). The Labute approximate surface area is 143 Å². The van der Waals surface area contributed by atoms with Gasteiger partial charge in [-0.15, -0.1) is 0 Å². The highest BCUT2D eigenvalue weighted by molar-refractivity contribution is 5.98. The Morgan fingerprint density at radius 3 is 2.38 bits per heavy atom. The topological polar surface area (TPSA) is 57.5 Å². The molecular formula is C21H24O3. The highest BCUT2D eigenvalue weighted by Crippen LogP contribution is 2.34. The quantitative estimate of drug-likeness (QED) is 0.672. The number of carboxylic acid groups (broad SMARTS) is 1. The van der Waals surface area contributed by atoms with Crippen molar-refractivity contribution in [1.29, 1.82) is 0 Å². The number of hydrogen-bond acceptors (Lipinski definition) is 2. The van der Waals surface area contributed by atoms with E-state index in [0.29, 0.717) is 17.5 Å². The second-order valence-electron chi connectivity index (χ2n) is 5.83. The fourth-order valence-electron chi connectivity index (χ4n) is 2.93. The molecule has 0 radical (unpaired) electrons. The molecule has 0 aliphatic carbocycles. The van der Waals surface area contributed by atoms with E-state index in [9.17, 15) is 15.0 Å². The summed E-state index contributed by atoms with van der Waals surface area (Å²) in [6.45, 7) is 4.05. The van der Waals surface area contributed by atoms with Crippen LogP contribution in [0.3, 0.4) is 0 Å². The van der Waals surface area contributed by atoms with E-state index < -0.39 is 5.97 Å². The molecule has 2 aromatic carbocycles. The zero-order chi connectivity index (χ0) is 17.5. The average Bonchev–Trinajstić information content (AvgIpc) is 2.59. The highest BCUT2D eigenvalue weighted by atomic mass is 16.4. The summed E-state index contributed by atoms with van der Waals surface area (Å²) in [5.74, 6) is -0.803. The van der Waals surface area contributed by atoms with Crippen LogP contribution < -0.4 is 0 Å². The van der Waals surface area contributed by atoms with Crippen molar-refractivity contribution in [3.63, 3.8) is 0 Å². The summed E-state index contributed by atoms with van der Waals surface area (Å²) in [7, 11) is 0. The van der Waals surface area contributed by atoms with Crippen molar-refractivity contribution in [2.45, 2.75) is 39.5 Å². The van der Waals surface area contributed by atoms with Gasteiger partial charge >= 0.3 is 5.97 Å². The van der Waals surface area contributed by atoms with E-state index in [4.69, 9.17) is 0 Å². The number of rotatable bonds is 7. The molecule has 0 aliphatic heterocycles. The van der Waals surface area contributed by atoms with E-state index in [1.807, 2.05) is 43.3 Å². The smallest absolute Gasteiger partial charge is 0.336 e. The number of allylic oxidation sites excluding steroid dienone is 1. The molecule has 0 spiro atoms. The molecule has 0 saturated heterocycles. The first kappa shape index (κ1) is 17.8. The van der Waals surface area contributed by atoms with E-state index >= 15 is 0 Å². The molecule has 0 saturated carbocycles. The van der Waals surface area contributed by atoms with Crippen LogP contribution in [0.1, 0.15) is 60.2 Å². The summed E-state index contributed by atoms with van der Waals surface area (Å²) in [6.07, 6.45) is 5.39. The van der Waals surface area contributed by atoms with Crippen molar-refractivity contribution in [2.75, 3.05) is 0 Å². The molecule has 0 fully saturated rings. The van der Waals surface area contributed by atoms with Gasteiger partial charge in [0.2, 0.25) is 0 Å². The molecular weight excluding hydrogens is 300 g/mol. The lowest BCUT2D eigenvalue weighted by atomic mass is 9.88. The maximum Gasteiger partial charge on any atom is 0.336 e. The summed E-state index contributed by atoms with van der Waals surface area (Å²) in [6, 6.07) is 12.9. The first-order valence-corrected chi connectivity index (χ1v) is 8.42. The number of carboxylic acids is 1. The average molecular weight is 324 g/mol. The number of phenolic OH excluding ortho intramolecular Hbond substituents is 1. The van der Waals surface area contributed by atoms with Gasteiger partial charge in [0.15, 0.2) is 0 Å². The predicted octanol–water partition coefficient (Wildman–Crippen LogP) is 5.38. The number of hydrogen-bond donors (Lipinski definition) is 2. The minimum atomic E-state index is -0.963. The lowest BCUT2D eigenvalue weighted by Gasteiger charge is -2.17. The molecule has 0 aromatic heterocycles. The van der Waals surface area contributed by atoms with Crippen LogP contribution in [0.2, 0.25) is 0 Å². The number of aromatic hydroxyl groups is 1. The van der Waals surface area contributed by atoms with Gasteiger partial charge in [0, 0.05) is 5.56 Å². The third-order valence-electron chi connectivity index (χ3n) is 4.13. The summed E-state index contributed by atoms with van der Waals surface area (Å²) in [5.41, 5.74) is 3.62. The molecule has 0 unspecified atom stereocenters. The summed E-state index contributed by atoms with van der Waals surface area (Å²) < 4.78 is 0. The Bertz CT molecular complexity index is 730. The standard InChI is InChI=1S/C21H24O3/c1-3-5-11-16(14-15-9-7-6-8-10-15)20-17(4-2)19(22)13-12-18(20)21(23)24/h6-10,12-14,22H,3-5,11H2,1-2H3,(H,23,24). The van der Waals surface area contributed by atoms with E-state index in [1.54, 1.807) is 0 Å². The van der Waals surface area contributed by atoms with Gasteiger partial charge in [-0.05, 0) is 48.1 Å². The van der Waals surface area contributed by atoms with Crippen molar-refractivity contribution in [3.05, 3.63) is 64.7 Å². The van der Waals surface area contributed by atoms with Crippen molar-refractivity contribution < 1.29 is 15.0 Å². The van der Waals surface area contributed by atoms with E-state index in [2.05, 4.69) is 6.92 Å². The first-order valence-electron chi connectivity index (χ1n) is 8.42. The monoisotopic (exact) mass is 324 g/mol. The summed E-state index contributed by atoms with van der Waals surface area (Å²) in [5, 5.41) is 19.8. The van der Waals surface area contributed by atoms with Crippen molar-refractivity contribution in [2.24, 2.45) is 0 Å². The summed E-state index contributed by atoms with van der Waals surface area (Å²) in [4.78, 5) is 11.7. The van der Waals surface area contributed by atoms with Gasteiger partial charge in [-0.3, -0.25) is 0 Å². The van der Waals surface area contributed by atoms with Crippen LogP contribution >= 0.6 is 0 Å². The van der Waals surface area contributed by atoms with Crippen LogP contribution in [0.15, 0.2) is 42.5 Å². The Hall–Kier alpha value is -2.55. The number of benzene rings is 2. The second kappa shape index (κ2) is 8.34. The van der Waals surface area contributed by atoms with Crippen LogP contribution in [0.25, 0.3) is 11.6 Å². The molecule has 24 heavy (non-hydrogen) atoms. The van der Waals surface area contributed by atoms with Crippen molar-refractivity contribution >= 4 is 17.6 Å². The zero-order valence-corrected chi connectivity index (χ0v) is 14.2. The van der Waals surface area contributed by atoms with Gasteiger partial charge in [0.1, 0.15) is 5.75 Å². The van der Waals surface area contributed by atoms with E-state index in [0.717, 1.165) is 30.4 Å². The third kappa shape index (κ3) is 4.05. The molecule has 3 nitrogen and oxygen atoms in total. The fraction of sp³-hybridized carbons (Fsp3) is 0.286. The number of phenols is 1. The van der Waals surface area contributed by atoms with Gasteiger partial charge in [0.25, 0.3) is 0 Å². The lowest BCUT2D eigenvalue weighted by molar-refractivity contribution is 0.0696. The van der Waals surface area contributed by atoms with Crippen molar-refractivity contribution in [3.8, 4) is 5.75 Å². The SMILES string of the molecule is CCCCC(=Cc1ccccc1)c1c(C(=O)O)ccc(O)c1CC. The van der Waals surface area contributed by atoms with Crippen molar-refractivity contribution in [1.82, 2.24) is 0 Å². The molecule has 2 aromatic rings. The maximum atomic E-state index is 11.7. The molecule has 126 valence electrons. The second-order valence-corrected chi connectivity index (χ2v) is 5.83. The summed E-state index contributed by atoms with van der Waals surface area (Å²) >= 11 is 0. The third-order valence-corrected chi connectivity index (χ3v) is 4.13. The number of carbonyl (C=O) groups is 1. The molecule has 0 aliphatic rings. The molecule has 2 N–H and O–H groups in total. The minimum Gasteiger partial charge on any atom is -0.508 e. The largest absolute Gasteiger partial charge is 0.508 e. The number of unbranched alkanes of at least 4 members (excludes halogenated alkanes) is 1. The van der Waals surface area contributed by atoms with Gasteiger partial charge in [-0.2, -0.15) is 0 Å². The zero-order valence-electron chi connectivity index (χ0n) is 14.2. The van der Waals surface area contributed by atoms with Gasteiger partial charge in [0.05, 0.1) is 5.56 Å². The minimum absolute atomic E-state index is 0.160. The van der Waals surface area contributed by atoms with Gasteiger partial charge in [-0.25, -0.2) is 4.79 Å². The van der Waals surface area contributed by atoms with Gasteiger partial charge in [-0.1, -0.05) is 56.7 Å². The Balaban J connectivity index is 2.67. The maximum absolute atomic E-state index is 11.7. The normalized spacial score (nSPS) is 11.5. The highest BCUT2D eigenvalue weighted by Gasteiger charge is 2.19. The molecule has 0 bridgehead atoms. The first-order chi connectivity index (χ1) is 11.6. The Morgan fingerprint density at radius 1 is 1.08 bits per heavy atom. The Morgan fingerprint density at radius 2 is 1.79 bits per heavy atom. The molecule has 0 atom stereocenters. The number of aromatic carboxylic acids is 1. The van der Waals surface area contributed by atoms with E-state index in [1.165, 1.54) is 12.1 Å². The fourth-order valence-corrected chi connectivity index (χ4v) is 2.93. The molecule has 3 heteroatoms. The van der Waals surface area contributed by atoms with Crippen LogP contribution in [0.4, 0.5) is 0 Å². The van der Waals surface area contributed by atoms with E-state index in [-0.39, 0.29) is 11.3 Å². The van der Waals surface area contributed by atoms with Crippen LogP contribution in [-0.4, -0.2) is 16.2 Å². The van der Waals surface area contributed by atoms with Crippen LogP contribution in [0.5, 0.6) is 5.75 Å². The molecule has 0 heterocycles. The lowest BCUT2D eigenvalue weighted by Crippen LogP contribution is -2.06. The Kier molecular flexibility index (Phi) is 6.19.